The second kappa shape index (κ2) is 9.62. The molecule has 0 radical (unpaired) electrons. The van der Waals surface area contributed by atoms with Gasteiger partial charge in [-0.3, -0.25) is 4.79 Å². The Labute approximate surface area is 160 Å². The minimum atomic E-state index is -0.426. The normalized spacial score (nSPS) is 16.8. The van der Waals surface area contributed by atoms with E-state index in [0.29, 0.717) is 18.0 Å². The van der Waals surface area contributed by atoms with Gasteiger partial charge in [0.1, 0.15) is 5.82 Å². The number of carbonyl (C=O) groups is 1. The summed E-state index contributed by atoms with van der Waals surface area (Å²) < 4.78 is 12.9. The van der Waals surface area contributed by atoms with Gasteiger partial charge in [0.05, 0.1) is 6.10 Å². The zero-order chi connectivity index (χ0) is 19.1. The van der Waals surface area contributed by atoms with E-state index < -0.39 is 6.10 Å². The van der Waals surface area contributed by atoms with Crippen LogP contribution in [0.25, 0.3) is 0 Å². The number of hydrogen-bond donors (Lipinski definition) is 2. The zero-order valence-electron chi connectivity index (χ0n) is 15.5. The van der Waals surface area contributed by atoms with Crippen LogP contribution in [0.3, 0.4) is 0 Å². The second-order valence-electron chi connectivity index (χ2n) is 7.26. The van der Waals surface area contributed by atoms with Gasteiger partial charge in [-0.15, -0.1) is 0 Å². The summed E-state index contributed by atoms with van der Waals surface area (Å²) in [6.45, 7) is 2.77. The van der Waals surface area contributed by atoms with Crippen molar-refractivity contribution in [2.45, 2.75) is 31.8 Å². The van der Waals surface area contributed by atoms with Crippen molar-refractivity contribution < 1.29 is 14.3 Å². The Balaban J connectivity index is 1.36. The van der Waals surface area contributed by atoms with E-state index in [-0.39, 0.29) is 11.7 Å². The van der Waals surface area contributed by atoms with Gasteiger partial charge < -0.3 is 15.3 Å². The molecule has 1 aliphatic heterocycles. The largest absolute Gasteiger partial charge is 0.388 e. The third-order valence-corrected chi connectivity index (χ3v) is 5.21. The van der Waals surface area contributed by atoms with Crippen LogP contribution >= 0.6 is 0 Å². The van der Waals surface area contributed by atoms with Crippen LogP contribution in [-0.2, 0) is 4.79 Å². The highest BCUT2D eigenvalue weighted by atomic mass is 19.1. The van der Waals surface area contributed by atoms with Crippen LogP contribution in [0.1, 0.15) is 37.4 Å². The van der Waals surface area contributed by atoms with Gasteiger partial charge in [-0.25, -0.2) is 4.39 Å². The third kappa shape index (κ3) is 6.15. The van der Waals surface area contributed by atoms with Gasteiger partial charge in [-0.2, -0.15) is 0 Å². The number of halogens is 1. The molecule has 0 saturated carbocycles. The topological polar surface area (TPSA) is 52.6 Å². The average Bonchev–Trinajstić information content (AvgIpc) is 2.69. The smallest absolute Gasteiger partial charge is 0.224 e. The molecule has 1 atom stereocenters. The fourth-order valence-corrected chi connectivity index (χ4v) is 3.57. The zero-order valence-corrected chi connectivity index (χ0v) is 15.5. The van der Waals surface area contributed by atoms with Gasteiger partial charge in [-0.1, -0.05) is 30.3 Å². The standard InChI is InChI=1S/C22H27FN2O2/c23-19-6-8-20(9-7-19)24-22(27)16-17-10-13-25(14-11-17)15-12-21(26)18-4-2-1-3-5-18/h1-9,17,21,26H,10-16H2,(H,24,27)/t21-/m0/s1. The van der Waals surface area contributed by atoms with E-state index >= 15 is 0 Å². The molecule has 1 saturated heterocycles. The van der Waals surface area contributed by atoms with E-state index in [1.54, 1.807) is 12.1 Å². The van der Waals surface area contributed by atoms with Gasteiger partial charge in [0.15, 0.2) is 0 Å². The molecule has 27 heavy (non-hydrogen) atoms. The maximum Gasteiger partial charge on any atom is 0.224 e. The highest BCUT2D eigenvalue weighted by molar-refractivity contribution is 5.90. The van der Waals surface area contributed by atoms with Crippen molar-refractivity contribution in [2.75, 3.05) is 25.0 Å². The molecule has 144 valence electrons. The van der Waals surface area contributed by atoms with Crippen LogP contribution in [0.4, 0.5) is 10.1 Å². The predicted molar refractivity (Wildman–Crippen MR) is 105 cm³/mol. The van der Waals surface area contributed by atoms with Crippen molar-refractivity contribution in [3.63, 3.8) is 0 Å². The highest BCUT2D eigenvalue weighted by Crippen LogP contribution is 2.23. The number of carbonyl (C=O) groups excluding carboxylic acids is 1. The number of piperidine rings is 1. The molecule has 0 aromatic heterocycles. The number of amides is 1. The van der Waals surface area contributed by atoms with Crippen LogP contribution in [-0.4, -0.2) is 35.5 Å². The molecule has 2 N–H and O–H groups in total. The molecular weight excluding hydrogens is 343 g/mol. The van der Waals surface area contributed by atoms with Crippen LogP contribution in [0.15, 0.2) is 54.6 Å². The Morgan fingerprint density at radius 2 is 1.78 bits per heavy atom. The number of aliphatic hydroxyl groups is 1. The number of anilines is 1. The van der Waals surface area contributed by atoms with Crippen molar-refractivity contribution in [1.29, 1.82) is 0 Å². The third-order valence-electron chi connectivity index (χ3n) is 5.21. The van der Waals surface area contributed by atoms with E-state index in [0.717, 1.165) is 44.5 Å². The summed E-state index contributed by atoms with van der Waals surface area (Å²) in [7, 11) is 0. The first kappa shape index (κ1) is 19.5. The maximum atomic E-state index is 12.9. The number of nitrogens with zero attached hydrogens (tertiary/aromatic N) is 1. The molecule has 5 heteroatoms. The van der Waals surface area contributed by atoms with Gasteiger partial charge in [-0.05, 0) is 68.1 Å². The van der Waals surface area contributed by atoms with Gasteiger partial charge in [0.2, 0.25) is 5.91 Å². The van der Waals surface area contributed by atoms with Gasteiger partial charge >= 0.3 is 0 Å². The summed E-state index contributed by atoms with van der Waals surface area (Å²) in [6, 6.07) is 15.6. The molecule has 1 amide bonds. The van der Waals surface area contributed by atoms with Crippen molar-refractivity contribution in [3.8, 4) is 0 Å². The summed E-state index contributed by atoms with van der Waals surface area (Å²) >= 11 is 0. The number of rotatable bonds is 7. The lowest BCUT2D eigenvalue weighted by molar-refractivity contribution is -0.117. The molecule has 1 heterocycles. The van der Waals surface area contributed by atoms with Crippen molar-refractivity contribution in [3.05, 3.63) is 66.0 Å². The minimum Gasteiger partial charge on any atom is -0.388 e. The molecule has 1 aliphatic rings. The van der Waals surface area contributed by atoms with Crippen LogP contribution in [0, 0.1) is 11.7 Å². The fourth-order valence-electron chi connectivity index (χ4n) is 3.57. The number of hydrogen-bond acceptors (Lipinski definition) is 3. The van der Waals surface area contributed by atoms with Gasteiger partial charge in [0.25, 0.3) is 0 Å². The minimum absolute atomic E-state index is 0.0143. The first-order chi connectivity index (χ1) is 13.1. The highest BCUT2D eigenvalue weighted by Gasteiger charge is 2.22. The fraction of sp³-hybridized carbons (Fsp3) is 0.409. The molecule has 0 aliphatic carbocycles. The first-order valence-electron chi connectivity index (χ1n) is 9.61. The molecule has 2 aromatic carbocycles. The Morgan fingerprint density at radius 1 is 1.11 bits per heavy atom. The number of benzene rings is 2. The number of nitrogens with one attached hydrogen (secondary N) is 1. The lowest BCUT2D eigenvalue weighted by Gasteiger charge is -2.32. The van der Waals surface area contributed by atoms with E-state index in [2.05, 4.69) is 10.2 Å². The lowest BCUT2D eigenvalue weighted by Crippen LogP contribution is -2.36. The molecule has 4 nitrogen and oxygen atoms in total. The number of aliphatic hydroxyl groups excluding tert-OH is 1. The summed E-state index contributed by atoms with van der Waals surface area (Å²) in [4.78, 5) is 14.5. The summed E-state index contributed by atoms with van der Waals surface area (Å²) in [5.74, 6) is 0.0538. The predicted octanol–water partition coefficient (Wildman–Crippen LogP) is 3.99. The average molecular weight is 370 g/mol. The van der Waals surface area contributed by atoms with E-state index in [4.69, 9.17) is 0 Å². The lowest BCUT2D eigenvalue weighted by atomic mass is 9.93. The summed E-state index contributed by atoms with van der Waals surface area (Å²) in [6.07, 6.45) is 2.76. The van der Waals surface area contributed by atoms with E-state index in [9.17, 15) is 14.3 Å². The van der Waals surface area contributed by atoms with Crippen molar-refractivity contribution >= 4 is 11.6 Å². The molecule has 0 spiro atoms. The Bertz CT molecular complexity index is 713. The Morgan fingerprint density at radius 3 is 2.44 bits per heavy atom. The van der Waals surface area contributed by atoms with E-state index in [1.807, 2.05) is 30.3 Å². The molecular formula is C22H27FN2O2. The first-order valence-corrected chi connectivity index (χ1v) is 9.61. The summed E-state index contributed by atoms with van der Waals surface area (Å²) in [5.41, 5.74) is 1.60. The second-order valence-corrected chi connectivity index (χ2v) is 7.26. The van der Waals surface area contributed by atoms with Crippen molar-refractivity contribution in [2.24, 2.45) is 5.92 Å². The molecule has 2 aromatic rings. The molecule has 3 rings (SSSR count). The molecule has 1 fully saturated rings. The van der Waals surface area contributed by atoms with E-state index in [1.165, 1.54) is 12.1 Å². The van der Waals surface area contributed by atoms with Crippen LogP contribution in [0.5, 0.6) is 0 Å². The van der Waals surface area contributed by atoms with Gasteiger partial charge in [0, 0.05) is 18.7 Å². The SMILES string of the molecule is O=C(CC1CCN(CC[C@H](O)c2ccccc2)CC1)Nc1ccc(F)cc1. The number of likely N-dealkylation sites (tertiary alicyclic amines) is 1. The van der Waals surface area contributed by atoms with Crippen molar-refractivity contribution in [1.82, 2.24) is 4.90 Å². The van der Waals surface area contributed by atoms with Crippen LogP contribution in [0.2, 0.25) is 0 Å². The Hall–Kier alpha value is -2.24. The van der Waals surface area contributed by atoms with Crippen LogP contribution < -0.4 is 5.32 Å². The molecule has 0 unspecified atom stereocenters. The Kier molecular flexibility index (Phi) is 6.96. The monoisotopic (exact) mass is 370 g/mol. The quantitative estimate of drug-likeness (QED) is 0.775. The summed E-state index contributed by atoms with van der Waals surface area (Å²) in [5, 5.41) is 13.1. The molecule has 0 bridgehead atoms. The maximum absolute atomic E-state index is 12.9.